The number of hydrogen-bond acceptors (Lipinski definition) is 9. The van der Waals surface area contributed by atoms with Crippen LogP contribution >= 0.6 is 0 Å². The predicted molar refractivity (Wildman–Crippen MR) is 242 cm³/mol. The molecule has 10 rings (SSSR count). The normalized spacial score (nSPS) is 20.8. The van der Waals surface area contributed by atoms with Gasteiger partial charge in [0.2, 0.25) is 0 Å². The van der Waals surface area contributed by atoms with Crippen molar-refractivity contribution in [2.45, 2.75) is 82.5 Å². The lowest BCUT2D eigenvalue weighted by molar-refractivity contribution is -1.15. The number of hydrogen-bond donors (Lipinski definition) is 5. The molecule has 5 heterocycles. The maximum Gasteiger partial charge on any atom is 0.568 e. The van der Waals surface area contributed by atoms with Crippen LogP contribution < -0.4 is 5.32 Å². The Labute approximate surface area is 376 Å². The number of hydroxylamine groups is 2. The molecule has 65 heavy (non-hydrogen) atoms. The number of carbonyl (C=O) groups excluding carboxylic acids is 2. The Morgan fingerprint density at radius 1 is 0.846 bits per heavy atom. The largest absolute Gasteiger partial charge is 0.568 e. The number of carbonyl (C=O) groups is 3. The highest BCUT2D eigenvalue weighted by Gasteiger charge is 2.56. The number of nitrogens with one attached hydrogen (secondary N) is 3. The Kier molecular flexibility index (Phi) is 11.5. The van der Waals surface area contributed by atoms with Crippen molar-refractivity contribution in [3.05, 3.63) is 120 Å². The summed E-state index contributed by atoms with van der Waals surface area (Å²) in [4.78, 5) is 57.9. The summed E-state index contributed by atoms with van der Waals surface area (Å²) in [7, 11) is 1.29. The lowest BCUT2D eigenvalue weighted by Gasteiger charge is -2.42. The number of benzene rings is 4. The van der Waals surface area contributed by atoms with Crippen molar-refractivity contribution in [3.63, 3.8) is 0 Å². The van der Waals surface area contributed by atoms with Gasteiger partial charge in [0.15, 0.2) is 6.04 Å². The number of aromatic nitrogens is 4. The molecule has 5 atom stereocenters. The summed E-state index contributed by atoms with van der Waals surface area (Å²) in [6.07, 6.45) is 5.99. The fraction of sp³-hybridized carbons (Fsp3) is 0.380. The van der Waals surface area contributed by atoms with E-state index in [0.717, 1.165) is 95.1 Å². The first kappa shape index (κ1) is 42.6. The maximum absolute atomic E-state index is 14.0. The number of aromatic amines is 2. The van der Waals surface area contributed by atoms with E-state index >= 15 is 0 Å². The van der Waals surface area contributed by atoms with E-state index in [4.69, 9.17) is 19.4 Å². The van der Waals surface area contributed by atoms with E-state index in [-0.39, 0.29) is 23.9 Å². The van der Waals surface area contributed by atoms with Gasteiger partial charge in [0.1, 0.15) is 23.7 Å². The van der Waals surface area contributed by atoms with Gasteiger partial charge in [-0.25, -0.2) is 14.8 Å². The smallest absolute Gasteiger partial charge is 0.453 e. The van der Waals surface area contributed by atoms with Crippen molar-refractivity contribution in [2.75, 3.05) is 33.4 Å². The van der Waals surface area contributed by atoms with Crippen LogP contribution in [0.5, 0.6) is 0 Å². The Balaban J connectivity index is 0.853. The second kappa shape index (κ2) is 17.5. The van der Waals surface area contributed by atoms with Crippen LogP contribution in [-0.4, -0.2) is 102 Å². The standard InChI is InChI=1S/C50H54N8O7/c1-30(31-20-24-65-25-21-31)58(63,50(61)62)57-23-7-11-43(57)47-52-40-19-17-37-27-36(16-18-39(37)45(40)54-47)33-12-13-35-28-38(15-14-34(35)26-33)41-29-51-46(53-41)42-10-6-22-56(42)48(59)44(55-49(60)64-2)32-8-4-3-5-9-32/h3-5,8-9,12-16,18,26-31,42-44,63H,6-7,10-11,17,19-25H2,1-2H3,(H3-,51,52,53,54,55,60,61,62)/p+1. The number of rotatable bonds is 10. The fourth-order valence-electron chi connectivity index (χ4n) is 10.7. The molecular weight excluding hydrogens is 825 g/mol. The highest BCUT2D eigenvalue weighted by atomic mass is 16.7. The average molecular weight is 880 g/mol. The summed E-state index contributed by atoms with van der Waals surface area (Å²) in [5, 5.41) is 29.1. The van der Waals surface area contributed by atoms with Crippen LogP contribution in [0.1, 0.15) is 92.0 Å². The third-order valence-electron chi connectivity index (χ3n) is 14.3. The molecule has 0 spiro atoms. The minimum atomic E-state index is -1.26. The topological polar surface area (TPSA) is 186 Å². The minimum Gasteiger partial charge on any atom is -0.453 e. The predicted octanol–water partition coefficient (Wildman–Crippen LogP) is 8.90. The van der Waals surface area contributed by atoms with E-state index in [0.29, 0.717) is 49.9 Å². The number of carboxylic acid groups (broad SMARTS) is 1. The van der Waals surface area contributed by atoms with Crippen LogP contribution in [-0.2, 0) is 27.1 Å². The summed E-state index contributed by atoms with van der Waals surface area (Å²) in [6.45, 7) is 4.01. The molecule has 3 saturated heterocycles. The Morgan fingerprint density at radius 3 is 2.32 bits per heavy atom. The highest BCUT2D eigenvalue weighted by molar-refractivity contribution is 5.91. The number of methoxy groups -OCH3 is 1. The minimum absolute atomic E-state index is 0.0305. The number of imidazole rings is 2. The zero-order valence-corrected chi connectivity index (χ0v) is 36.7. The molecule has 0 saturated carbocycles. The molecule has 6 aromatic rings. The van der Waals surface area contributed by atoms with Gasteiger partial charge in [-0.05, 0) is 108 Å². The number of aryl methyl sites for hydroxylation is 2. The third kappa shape index (κ3) is 7.85. The lowest BCUT2D eigenvalue weighted by atomic mass is 9.89. The van der Waals surface area contributed by atoms with Gasteiger partial charge in [-0.1, -0.05) is 72.8 Å². The van der Waals surface area contributed by atoms with Crippen LogP contribution in [0.15, 0.2) is 91.1 Å². The molecule has 0 radical (unpaired) electrons. The Morgan fingerprint density at radius 2 is 1.55 bits per heavy atom. The second-order valence-electron chi connectivity index (χ2n) is 17.9. The van der Waals surface area contributed by atoms with Crippen LogP contribution in [0.4, 0.5) is 9.59 Å². The first-order valence-corrected chi connectivity index (χ1v) is 22.8. The van der Waals surface area contributed by atoms with E-state index in [9.17, 15) is 24.7 Å². The number of ether oxygens (including phenoxy) is 2. The number of likely N-dealkylation sites (tertiary alicyclic amines) is 1. The van der Waals surface area contributed by atoms with Gasteiger partial charge < -0.3 is 34.8 Å². The van der Waals surface area contributed by atoms with Crippen LogP contribution in [0.25, 0.3) is 44.4 Å². The molecule has 5 unspecified atom stereocenters. The van der Waals surface area contributed by atoms with E-state index in [1.165, 1.54) is 12.7 Å². The van der Waals surface area contributed by atoms with Crippen molar-refractivity contribution in [1.29, 1.82) is 0 Å². The maximum atomic E-state index is 14.0. The van der Waals surface area contributed by atoms with Gasteiger partial charge in [0.25, 0.3) is 5.91 Å². The van der Waals surface area contributed by atoms with Crippen LogP contribution in [0.2, 0.25) is 0 Å². The summed E-state index contributed by atoms with van der Waals surface area (Å²) in [5.41, 5.74) is 8.98. The molecule has 4 aliphatic rings. The molecule has 3 amide bonds. The van der Waals surface area contributed by atoms with Gasteiger partial charge in [-0.2, -0.15) is 10.0 Å². The van der Waals surface area contributed by atoms with Crippen molar-refractivity contribution in [3.8, 4) is 33.6 Å². The Hall–Kier alpha value is -6.39. The van der Waals surface area contributed by atoms with E-state index in [2.05, 4.69) is 69.9 Å². The quantitative estimate of drug-likeness (QED) is 0.0506. The highest BCUT2D eigenvalue weighted by Crippen LogP contribution is 2.42. The molecule has 336 valence electrons. The molecule has 5 N–H and O–H groups in total. The number of H-pyrrole nitrogens is 2. The summed E-state index contributed by atoms with van der Waals surface area (Å²) in [6, 6.07) is 26.6. The summed E-state index contributed by atoms with van der Waals surface area (Å²) >= 11 is 0. The molecule has 15 nitrogen and oxygen atoms in total. The van der Waals surface area contributed by atoms with Gasteiger partial charge >= 0.3 is 12.2 Å². The molecule has 4 aromatic carbocycles. The Bertz CT molecular complexity index is 2750. The summed E-state index contributed by atoms with van der Waals surface area (Å²) in [5.74, 6) is 1.23. The third-order valence-corrected chi connectivity index (χ3v) is 14.3. The van der Waals surface area contributed by atoms with Crippen molar-refractivity contribution >= 4 is 28.9 Å². The van der Waals surface area contributed by atoms with E-state index < -0.39 is 29.0 Å². The summed E-state index contributed by atoms with van der Waals surface area (Å²) < 4.78 is 9.25. The van der Waals surface area contributed by atoms with Gasteiger partial charge in [0, 0.05) is 42.5 Å². The zero-order chi connectivity index (χ0) is 44.8. The molecular formula is C50H55N8O7+. The monoisotopic (exact) mass is 879 g/mol. The molecule has 2 aromatic heterocycles. The first-order valence-electron chi connectivity index (χ1n) is 22.8. The zero-order valence-electron chi connectivity index (χ0n) is 36.7. The van der Waals surface area contributed by atoms with E-state index in [1.807, 2.05) is 43.5 Å². The number of amides is 3. The van der Waals surface area contributed by atoms with Gasteiger partial charge in [0.05, 0.1) is 37.3 Å². The number of quaternary nitrogens is 1. The van der Waals surface area contributed by atoms with Crippen molar-refractivity contribution < 1.29 is 38.9 Å². The van der Waals surface area contributed by atoms with Crippen LogP contribution in [0, 0.1) is 5.92 Å². The van der Waals surface area contributed by atoms with Crippen molar-refractivity contribution in [1.82, 2.24) is 35.2 Å². The van der Waals surface area contributed by atoms with Crippen LogP contribution in [0.3, 0.4) is 0 Å². The SMILES string of the molecule is COC(=O)NC(C(=O)N1CCCC1c1ncc(-c2ccc3cc(-c4ccc5c(c4)CCc4[nH]c(C6CCCN6[N+](O)(C(=O)O)C(C)C6CCOCC6)nc4-5)ccc3c2)[nH]1)c1ccccc1. The molecule has 0 bridgehead atoms. The molecule has 1 aliphatic carbocycles. The number of nitrogens with zero attached hydrogens (tertiary/aromatic N) is 5. The van der Waals surface area contributed by atoms with E-state index in [1.54, 1.807) is 9.91 Å². The first-order chi connectivity index (χ1) is 31.6. The molecule has 15 heteroatoms. The lowest BCUT2D eigenvalue weighted by Crippen LogP contribution is -2.67. The number of fused-ring (bicyclic) bond motifs is 4. The van der Waals surface area contributed by atoms with Crippen molar-refractivity contribution in [2.24, 2.45) is 5.92 Å². The second-order valence-corrected chi connectivity index (χ2v) is 17.9. The average Bonchev–Trinajstić information content (AvgIpc) is 4.19. The molecule has 3 aliphatic heterocycles. The van der Waals surface area contributed by atoms with Gasteiger partial charge in [-0.15, -0.1) is 5.01 Å². The number of alkyl carbamates (subject to hydrolysis) is 1. The molecule has 3 fully saturated rings. The van der Waals surface area contributed by atoms with Gasteiger partial charge in [-0.3, -0.25) is 4.79 Å². The fourth-order valence-corrected chi connectivity index (χ4v) is 10.7.